The maximum Gasteiger partial charge on any atom is 0.217 e. The van der Waals surface area contributed by atoms with E-state index in [1.807, 2.05) is 0 Å². The Bertz CT molecular complexity index is 1160. The summed E-state index contributed by atoms with van der Waals surface area (Å²) in [6, 6.07) is -4.66. The van der Waals surface area contributed by atoms with Crippen molar-refractivity contribution < 1.29 is 99.0 Å². The van der Waals surface area contributed by atoms with E-state index in [2.05, 4.69) is 16.0 Å². The summed E-state index contributed by atoms with van der Waals surface area (Å²) in [5.74, 6) is -2.19. The second kappa shape index (κ2) is 19.9. The molecule has 3 aliphatic heterocycles. The Morgan fingerprint density at radius 2 is 1.02 bits per heavy atom. The minimum atomic E-state index is -1.89. The summed E-state index contributed by atoms with van der Waals surface area (Å²) in [4.78, 5) is 36.6. The molecule has 0 aromatic heterocycles. The highest BCUT2D eigenvalue weighted by Crippen LogP contribution is 2.33. The van der Waals surface area contributed by atoms with Gasteiger partial charge in [-0.3, -0.25) is 14.4 Å². The van der Waals surface area contributed by atoms with E-state index in [1.165, 1.54) is 0 Å². The van der Waals surface area contributed by atoms with E-state index < -0.39 is 161 Å². The molecule has 302 valence electrons. The number of rotatable bonds is 16. The smallest absolute Gasteiger partial charge is 0.217 e. The quantitative estimate of drug-likeness (QED) is 0.0694. The molecule has 3 fully saturated rings. The van der Waals surface area contributed by atoms with Crippen molar-refractivity contribution in [2.24, 2.45) is 0 Å². The largest absolute Gasteiger partial charge is 0.394 e. The lowest BCUT2D eigenvalue weighted by atomic mass is 9.93. The number of ether oxygens (including phenoxy) is 6. The second-order valence-electron chi connectivity index (χ2n) is 12.6. The van der Waals surface area contributed by atoms with Crippen LogP contribution < -0.4 is 16.0 Å². The summed E-state index contributed by atoms with van der Waals surface area (Å²) < 4.78 is 34.6. The van der Waals surface area contributed by atoms with Crippen molar-refractivity contribution in [2.45, 2.75) is 131 Å². The van der Waals surface area contributed by atoms with Crippen LogP contribution in [0.15, 0.2) is 0 Å². The zero-order valence-corrected chi connectivity index (χ0v) is 28.5. The molecule has 0 aromatic rings. The highest BCUT2D eigenvalue weighted by atomic mass is 16.7. The number of carbonyl (C=O) groups excluding carboxylic acids is 3. The molecule has 18 atom stereocenters. The fourth-order valence-electron chi connectivity index (χ4n) is 6.13. The van der Waals surface area contributed by atoms with Gasteiger partial charge in [-0.05, 0) is 0 Å². The average molecular weight is 762 g/mol. The summed E-state index contributed by atoms with van der Waals surface area (Å²) in [7, 11) is 0. The molecule has 3 heterocycles. The summed E-state index contributed by atoms with van der Waals surface area (Å²) in [5, 5.41) is 120. The highest BCUT2D eigenvalue weighted by molar-refractivity contribution is 5.74. The van der Waals surface area contributed by atoms with E-state index in [0.717, 1.165) is 20.8 Å². The van der Waals surface area contributed by atoms with Crippen molar-refractivity contribution in [3.8, 4) is 0 Å². The third-order valence-corrected chi connectivity index (χ3v) is 8.73. The molecule has 23 heteroatoms. The number of hydrogen-bond donors (Lipinski definition) is 14. The molecular weight excluding hydrogens is 710 g/mol. The Hall–Kier alpha value is -2.27. The van der Waals surface area contributed by atoms with Crippen LogP contribution in [0.3, 0.4) is 0 Å². The zero-order valence-electron chi connectivity index (χ0n) is 28.5. The van der Waals surface area contributed by atoms with Crippen LogP contribution in [0.5, 0.6) is 0 Å². The van der Waals surface area contributed by atoms with Gasteiger partial charge in [0.2, 0.25) is 17.7 Å². The van der Waals surface area contributed by atoms with Gasteiger partial charge in [-0.25, -0.2) is 0 Å². The summed E-state index contributed by atoms with van der Waals surface area (Å²) >= 11 is 0. The maximum atomic E-state index is 12.4. The topological polar surface area (TPSA) is 365 Å². The van der Waals surface area contributed by atoms with Crippen molar-refractivity contribution >= 4 is 17.7 Å². The molecule has 52 heavy (non-hydrogen) atoms. The maximum absolute atomic E-state index is 12.4. The summed E-state index contributed by atoms with van der Waals surface area (Å²) in [5.41, 5.74) is 0. The summed E-state index contributed by atoms with van der Waals surface area (Å²) in [6.45, 7) is -1.26. The van der Waals surface area contributed by atoms with Gasteiger partial charge < -0.3 is 101 Å². The molecule has 3 amide bonds. The highest BCUT2D eigenvalue weighted by Gasteiger charge is 2.55. The van der Waals surface area contributed by atoms with Crippen LogP contribution in [0.2, 0.25) is 0 Å². The number of aliphatic hydroxyl groups is 11. The minimum Gasteiger partial charge on any atom is -0.394 e. The van der Waals surface area contributed by atoms with Crippen molar-refractivity contribution in [1.29, 1.82) is 0 Å². The molecule has 0 bridgehead atoms. The first kappa shape index (κ1) is 44.1. The fourth-order valence-corrected chi connectivity index (χ4v) is 6.13. The van der Waals surface area contributed by atoms with Crippen molar-refractivity contribution in [1.82, 2.24) is 16.0 Å². The van der Waals surface area contributed by atoms with Crippen LogP contribution in [0.4, 0.5) is 0 Å². The van der Waals surface area contributed by atoms with E-state index >= 15 is 0 Å². The normalized spacial score (nSPS) is 39.9. The van der Waals surface area contributed by atoms with Gasteiger partial charge in [0.1, 0.15) is 91.4 Å². The van der Waals surface area contributed by atoms with Gasteiger partial charge in [-0.2, -0.15) is 0 Å². The van der Waals surface area contributed by atoms with Gasteiger partial charge >= 0.3 is 0 Å². The Kier molecular flexibility index (Phi) is 16.9. The van der Waals surface area contributed by atoms with Crippen LogP contribution >= 0.6 is 0 Å². The standard InChI is InChI=1S/C29H51N3O20/c1-9(38)30-17-23(45)21(43)14(6-35)48-27(17)51-25-16(8-37)50-28(18(24(25)46)31-10(2)39)52-26-19(32-11(3)40)29(49-15(7-36)22(26)44)47-13(5-34)20(42)12(41)4-33/h12-29,33-37,41-46H,4-8H2,1-3H3,(H,30,38)(H,31,39)(H,32,40)/t12-,13+,14+,15+,16+,17+,18+,19+,20-,21-,22+,23+,24+,25-,26+,27-,28+,29-/m0/s1. The van der Waals surface area contributed by atoms with Crippen molar-refractivity contribution in [2.75, 3.05) is 33.0 Å². The third kappa shape index (κ3) is 10.5. The number of hydrogen-bond acceptors (Lipinski definition) is 20. The van der Waals surface area contributed by atoms with E-state index in [0.29, 0.717) is 0 Å². The van der Waals surface area contributed by atoms with Gasteiger partial charge in [0.25, 0.3) is 0 Å². The Labute approximate surface area is 296 Å². The van der Waals surface area contributed by atoms with E-state index in [-0.39, 0.29) is 0 Å². The van der Waals surface area contributed by atoms with Crippen molar-refractivity contribution in [3.63, 3.8) is 0 Å². The molecule has 3 aliphatic rings. The van der Waals surface area contributed by atoms with Crippen LogP contribution in [0, 0.1) is 0 Å². The van der Waals surface area contributed by atoms with Crippen molar-refractivity contribution in [3.05, 3.63) is 0 Å². The average Bonchev–Trinajstić information content (AvgIpc) is 3.10. The fraction of sp³-hybridized carbons (Fsp3) is 0.897. The van der Waals surface area contributed by atoms with E-state index in [4.69, 9.17) is 28.4 Å². The van der Waals surface area contributed by atoms with Gasteiger partial charge in [0.15, 0.2) is 18.9 Å². The lowest BCUT2D eigenvalue weighted by Crippen LogP contribution is -2.71. The van der Waals surface area contributed by atoms with Crippen LogP contribution in [0.1, 0.15) is 20.8 Å². The molecule has 3 saturated heterocycles. The number of carbonyl (C=O) groups is 3. The lowest BCUT2D eigenvalue weighted by Gasteiger charge is -2.50. The SMILES string of the molecule is CC(=O)N[C@H]1[C@@H](O[C@H]2[C@H](O)[C@@H](CO)O[C@H](O[C@H](CO)[C@@H](O)[C@@H](O)CO)[C@@H]2NC(C)=O)O[C@H](CO)[C@H](O[C@@H]2O[C@H](CO)[C@H](O)[C@H](O)[C@H]2NC(C)=O)[C@@H]1O. The predicted octanol–water partition coefficient (Wildman–Crippen LogP) is -9.04. The van der Waals surface area contributed by atoms with Gasteiger partial charge in [0.05, 0.1) is 33.0 Å². The Balaban J connectivity index is 1.98. The lowest BCUT2D eigenvalue weighted by molar-refractivity contribution is -0.354. The zero-order chi connectivity index (χ0) is 39.0. The molecule has 0 saturated carbocycles. The summed E-state index contributed by atoms with van der Waals surface area (Å²) in [6.07, 6.45) is -25.6. The molecule has 0 unspecified atom stereocenters. The molecule has 0 spiro atoms. The third-order valence-electron chi connectivity index (χ3n) is 8.73. The monoisotopic (exact) mass is 761 g/mol. The first-order valence-electron chi connectivity index (χ1n) is 16.4. The molecule has 0 radical (unpaired) electrons. The molecule has 0 aromatic carbocycles. The predicted molar refractivity (Wildman–Crippen MR) is 165 cm³/mol. The Morgan fingerprint density at radius 3 is 1.50 bits per heavy atom. The van der Waals surface area contributed by atoms with E-state index in [9.17, 15) is 70.6 Å². The van der Waals surface area contributed by atoms with E-state index in [1.54, 1.807) is 0 Å². The van der Waals surface area contributed by atoms with Gasteiger partial charge in [0, 0.05) is 20.8 Å². The van der Waals surface area contributed by atoms with Crippen LogP contribution in [-0.4, -0.2) is 217 Å². The van der Waals surface area contributed by atoms with Crippen LogP contribution in [-0.2, 0) is 42.8 Å². The van der Waals surface area contributed by atoms with Crippen LogP contribution in [0.25, 0.3) is 0 Å². The molecular formula is C29H51N3O20. The second-order valence-corrected chi connectivity index (χ2v) is 12.6. The Morgan fingerprint density at radius 1 is 0.577 bits per heavy atom. The molecule has 3 rings (SSSR count). The van der Waals surface area contributed by atoms with Gasteiger partial charge in [-0.15, -0.1) is 0 Å². The van der Waals surface area contributed by atoms with Gasteiger partial charge in [-0.1, -0.05) is 0 Å². The minimum absolute atomic E-state index is 0.684. The molecule has 0 aliphatic carbocycles. The molecule has 23 nitrogen and oxygen atoms in total. The number of nitrogens with one attached hydrogen (secondary N) is 3. The first-order valence-corrected chi connectivity index (χ1v) is 16.4. The number of amides is 3. The first-order chi connectivity index (χ1) is 24.5. The number of aliphatic hydroxyl groups excluding tert-OH is 11. The molecule has 14 N–H and O–H groups in total.